The van der Waals surface area contributed by atoms with Gasteiger partial charge in [0.1, 0.15) is 30.5 Å². The molecule has 0 aliphatic carbocycles. The summed E-state index contributed by atoms with van der Waals surface area (Å²) in [5.41, 5.74) is 0. The van der Waals surface area contributed by atoms with E-state index in [1.54, 1.807) is 6.08 Å². The van der Waals surface area contributed by atoms with E-state index in [1.807, 2.05) is 12.2 Å². The smallest absolute Gasteiger partial charge is 0.249 e. The summed E-state index contributed by atoms with van der Waals surface area (Å²) in [6, 6.07) is -1.01. The number of nitrogens with one attached hydrogen (secondary N) is 1. The molecule has 1 fully saturated rings. The molecule has 1 saturated heterocycles. The van der Waals surface area contributed by atoms with Gasteiger partial charge in [0.15, 0.2) is 6.29 Å². The van der Waals surface area contributed by atoms with E-state index in [4.69, 9.17) is 9.47 Å². The summed E-state index contributed by atoms with van der Waals surface area (Å²) >= 11 is 0. The summed E-state index contributed by atoms with van der Waals surface area (Å²) in [5, 5.41) is 64.6. The van der Waals surface area contributed by atoms with Crippen LogP contribution in [0.25, 0.3) is 0 Å². The van der Waals surface area contributed by atoms with Crippen LogP contribution in [0.4, 0.5) is 0 Å². The predicted octanol–water partition coefficient (Wildman–Crippen LogP) is 8.81. The molecule has 0 spiro atoms. The summed E-state index contributed by atoms with van der Waals surface area (Å²) in [7, 11) is 0. The third-order valence-electron chi connectivity index (χ3n) is 11.0. The zero-order chi connectivity index (χ0) is 42.5. The van der Waals surface area contributed by atoms with E-state index in [1.165, 1.54) is 122 Å². The second-order valence-electron chi connectivity index (χ2n) is 16.4. The van der Waals surface area contributed by atoms with Crippen molar-refractivity contribution >= 4 is 5.91 Å². The van der Waals surface area contributed by atoms with Crippen LogP contribution in [0.1, 0.15) is 187 Å². The van der Waals surface area contributed by atoms with Gasteiger partial charge in [0, 0.05) is 0 Å². The number of unbranched alkanes of at least 4 members (excludes halogenated alkanes) is 22. The summed E-state index contributed by atoms with van der Waals surface area (Å²) in [4.78, 5) is 13.0. The van der Waals surface area contributed by atoms with Gasteiger partial charge in [-0.3, -0.25) is 4.79 Å². The van der Waals surface area contributed by atoms with Gasteiger partial charge >= 0.3 is 0 Å². The minimum absolute atomic E-state index is 0.297. The van der Waals surface area contributed by atoms with Crippen LogP contribution >= 0.6 is 0 Å². The fourth-order valence-corrected chi connectivity index (χ4v) is 7.11. The van der Waals surface area contributed by atoms with Crippen LogP contribution < -0.4 is 5.32 Å². The lowest BCUT2D eigenvalue weighted by molar-refractivity contribution is -0.302. The second-order valence-corrected chi connectivity index (χ2v) is 16.4. The van der Waals surface area contributed by atoms with Gasteiger partial charge in [-0.25, -0.2) is 0 Å². The Labute approximate surface area is 353 Å². The Morgan fingerprint density at radius 2 is 1.07 bits per heavy atom. The van der Waals surface area contributed by atoms with Gasteiger partial charge in [-0.05, 0) is 57.8 Å². The lowest BCUT2D eigenvalue weighted by Crippen LogP contribution is -2.60. The molecule has 1 rings (SSSR count). The molecular formula is C48H87NO9. The molecule has 1 aliphatic rings. The molecule has 0 bridgehead atoms. The van der Waals surface area contributed by atoms with E-state index < -0.39 is 61.5 Å². The maximum Gasteiger partial charge on any atom is 0.249 e. The lowest BCUT2D eigenvalue weighted by atomic mass is 9.99. The molecule has 8 unspecified atom stereocenters. The van der Waals surface area contributed by atoms with E-state index in [9.17, 15) is 35.4 Å². The number of amides is 1. The first-order valence-corrected chi connectivity index (χ1v) is 23.5. The van der Waals surface area contributed by atoms with Crippen LogP contribution in [-0.4, -0.2) is 98.7 Å². The number of allylic oxidation sites excluding steroid dienone is 7. The molecule has 1 amide bonds. The summed E-state index contributed by atoms with van der Waals surface area (Å²) in [5.74, 6) is -0.636. The maximum atomic E-state index is 13.0. The van der Waals surface area contributed by atoms with Crippen LogP contribution in [0.5, 0.6) is 0 Å². The summed E-state index contributed by atoms with van der Waals surface area (Å²) < 4.78 is 11.1. The normalized spacial score (nSPS) is 21.8. The van der Waals surface area contributed by atoms with E-state index in [0.29, 0.717) is 19.3 Å². The highest BCUT2D eigenvalue weighted by molar-refractivity contribution is 5.80. The number of aliphatic hydroxyl groups is 6. The average Bonchev–Trinajstić information content (AvgIpc) is 3.22. The van der Waals surface area contributed by atoms with Gasteiger partial charge in [-0.1, -0.05) is 178 Å². The van der Waals surface area contributed by atoms with Crippen molar-refractivity contribution in [2.45, 2.75) is 236 Å². The average molecular weight is 822 g/mol. The number of ether oxygens (including phenoxy) is 2. The largest absolute Gasteiger partial charge is 0.394 e. The Hall–Kier alpha value is -1.89. The topological polar surface area (TPSA) is 169 Å². The molecule has 58 heavy (non-hydrogen) atoms. The molecule has 0 aromatic heterocycles. The van der Waals surface area contributed by atoms with Gasteiger partial charge in [-0.15, -0.1) is 0 Å². The Balaban J connectivity index is 2.40. The molecule has 10 nitrogen and oxygen atoms in total. The number of hydrogen-bond donors (Lipinski definition) is 7. The monoisotopic (exact) mass is 822 g/mol. The van der Waals surface area contributed by atoms with Crippen molar-refractivity contribution in [3.05, 3.63) is 48.6 Å². The lowest BCUT2D eigenvalue weighted by Gasteiger charge is -2.40. The molecule has 0 aromatic rings. The number of carbonyl (C=O) groups excluding carboxylic acids is 1. The second kappa shape index (κ2) is 38.1. The van der Waals surface area contributed by atoms with Gasteiger partial charge in [0.25, 0.3) is 0 Å². The zero-order valence-electron chi connectivity index (χ0n) is 36.7. The highest BCUT2D eigenvalue weighted by Gasteiger charge is 2.44. The minimum atomic E-state index is -1.62. The summed E-state index contributed by atoms with van der Waals surface area (Å²) in [6.45, 7) is 3.54. The zero-order valence-corrected chi connectivity index (χ0v) is 36.7. The SMILES string of the molecule is CCCCCCCC=CC=CCCC=CC(O)C(COC1OC(CO)C(O)C(O)C1O)NC(=O)C(O)CCCCCCCCCCCCC=CCCCCCCCC. The van der Waals surface area contributed by atoms with Crippen molar-refractivity contribution < 1.29 is 44.9 Å². The Kier molecular flexibility index (Phi) is 35.5. The van der Waals surface area contributed by atoms with Crippen LogP contribution in [0.15, 0.2) is 48.6 Å². The van der Waals surface area contributed by atoms with Crippen LogP contribution in [0, 0.1) is 0 Å². The van der Waals surface area contributed by atoms with Gasteiger partial charge in [0.05, 0.1) is 25.4 Å². The van der Waals surface area contributed by atoms with Gasteiger partial charge in [-0.2, -0.15) is 0 Å². The van der Waals surface area contributed by atoms with Crippen molar-refractivity contribution in [1.82, 2.24) is 5.32 Å². The Morgan fingerprint density at radius 1 is 0.603 bits per heavy atom. The van der Waals surface area contributed by atoms with Crippen molar-refractivity contribution in [2.75, 3.05) is 13.2 Å². The Bertz CT molecular complexity index is 1060. The third kappa shape index (κ3) is 27.8. The van der Waals surface area contributed by atoms with Crippen molar-refractivity contribution in [2.24, 2.45) is 0 Å². The Morgan fingerprint density at radius 3 is 1.60 bits per heavy atom. The highest BCUT2D eigenvalue weighted by atomic mass is 16.7. The summed E-state index contributed by atoms with van der Waals surface area (Å²) in [6.07, 6.45) is 37.7. The fraction of sp³-hybridized carbons (Fsp3) is 0.812. The first kappa shape index (κ1) is 54.1. The first-order valence-electron chi connectivity index (χ1n) is 23.5. The molecule has 8 atom stereocenters. The van der Waals surface area contributed by atoms with Crippen LogP contribution in [-0.2, 0) is 14.3 Å². The molecule has 0 radical (unpaired) electrons. The number of aliphatic hydroxyl groups excluding tert-OH is 6. The van der Waals surface area contributed by atoms with Gasteiger partial charge in [0.2, 0.25) is 5.91 Å². The molecular weight excluding hydrogens is 735 g/mol. The van der Waals surface area contributed by atoms with E-state index >= 15 is 0 Å². The molecule has 1 aliphatic heterocycles. The van der Waals surface area contributed by atoms with Gasteiger partial charge < -0.3 is 45.4 Å². The number of carbonyl (C=O) groups is 1. The molecule has 1 heterocycles. The molecule has 0 aromatic carbocycles. The molecule has 7 N–H and O–H groups in total. The first-order chi connectivity index (χ1) is 28.3. The van der Waals surface area contributed by atoms with Crippen molar-refractivity contribution in [3.8, 4) is 0 Å². The van der Waals surface area contributed by atoms with E-state index in [0.717, 1.165) is 32.1 Å². The van der Waals surface area contributed by atoms with Crippen molar-refractivity contribution in [3.63, 3.8) is 0 Å². The number of hydrogen-bond acceptors (Lipinski definition) is 9. The predicted molar refractivity (Wildman–Crippen MR) is 236 cm³/mol. The van der Waals surface area contributed by atoms with Crippen LogP contribution in [0.3, 0.4) is 0 Å². The minimum Gasteiger partial charge on any atom is -0.394 e. The van der Waals surface area contributed by atoms with E-state index in [-0.39, 0.29) is 6.61 Å². The fourth-order valence-electron chi connectivity index (χ4n) is 7.11. The van der Waals surface area contributed by atoms with Crippen molar-refractivity contribution in [1.29, 1.82) is 0 Å². The molecule has 0 saturated carbocycles. The van der Waals surface area contributed by atoms with E-state index in [2.05, 4.69) is 49.5 Å². The molecule has 10 heteroatoms. The number of rotatable bonds is 38. The standard InChI is InChI=1S/C48H87NO9/c1-3-5-7-9-11-13-15-17-18-19-20-21-22-23-25-27-29-31-33-35-37-42(52)47(56)49-40(39-57-48-46(55)45(54)44(53)43(38-50)58-48)41(51)36-34-32-30-28-26-24-16-14-12-10-8-6-4-2/h16-18,24,26,28,34,36,40-46,48,50-55H,3-15,19-23,25,27,29-33,35,37-39H2,1-2H3,(H,49,56). The molecule has 338 valence electrons. The third-order valence-corrected chi connectivity index (χ3v) is 11.0. The quantitative estimate of drug-likeness (QED) is 0.0183. The highest BCUT2D eigenvalue weighted by Crippen LogP contribution is 2.22. The van der Waals surface area contributed by atoms with Crippen LogP contribution in [0.2, 0.25) is 0 Å². The maximum absolute atomic E-state index is 13.0.